The lowest BCUT2D eigenvalue weighted by molar-refractivity contribution is -0.118. The summed E-state index contributed by atoms with van der Waals surface area (Å²) in [5.74, 6) is 1.59. The average molecular weight is 261 g/mol. The Morgan fingerprint density at radius 2 is 2.21 bits per heavy atom. The Labute approximate surface area is 115 Å². The molecule has 1 aromatic heterocycles. The van der Waals surface area contributed by atoms with Crippen LogP contribution in [0.5, 0.6) is 0 Å². The van der Waals surface area contributed by atoms with E-state index in [0.29, 0.717) is 24.1 Å². The Morgan fingerprint density at radius 1 is 1.47 bits per heavy atom. The number of anilines is 2. The number of amides is 1. The predicted molar refractivity (Wildman–Crippen MR) is 77.8 cm³/mol. The number of nitrogen functional groups attached to an aromatic ring is 1. The van der Waals surface area contributed by atoms with Crippen LogP contribution < -0.4 is 10.6 Å². The van der Waals surface area contributed by atoms with Crippen LogP contribution in [0.15, 0.2) is 18.3 Å². The lowest BCUT2D eigenvalue weighted by Gasteiger charge is -2.21. The molecule has 104 valence electrons. The molecule has 0 radical (unpaired) electrons. The van der Waals surface area contributed by atoms with Crippen molar-refractivity contribution >= 4 is 17.4 Å². The number of pyridine rings is 1. The molecule has 0 aliphatic heterocycles. The standard InChI is InChI=1S/C15H23N3O/c1-11(2)4-3-5-15(19)18(13-7-8-13)14-9-6-12(16)10-17-14/h6,9-11,13H,3-5,7-8,16H2,1-2H3. The first-order chi connectivity index (χ1) is 9.08. The largest absolute Gasteiger partial charge is 0.397 e. The van der Waals surface area contributed by atoms with Gasteiger partial charge in [-0.25, -0.2) is 4.98 Å². The summed E-state index contributed by atoms with van der Waals surface area (Å²) in [7, 11) is 0. The molecule has 0 bridgehead atoms. The predicted octanol–water partition coefficient (Wildman–Crippen LogP) is 2.99. The third-order valence-corrected chi connectivity index (χ3v) is 3.37. The van der Waals surface area contributed by atoms with Crippen molar-refractivity contribution in [3.05, 3.63) is 18.3 Å². The number of hydrogen-bond acceptors (Lipinski definition) is 3. The zero-order valence-corrected chi connectivity index (χ0v) is 11.8. The molecule has 1 aliphatic rings. The first-order valence-corrected chi connectivity index (χ1v) is 7.11. The van der Waals surface area contributed by atoms with Crippen molar-refractivity contribution in [2.75, 3.05) is 10.6 Å². The third kappa shape index (κ3) is 3.94. The van der Waals surface area contributed by atoms with E-state index < -0.39 is 0 Å². The van der Waals surface area contributed by atoms with Gasteiger partial charge in [-0.3, -0.25) is 9.69 Å². The highest BCUT2D eigenvalue weighted by molar-refractivity contribution is 5.93. The summed E-state index contributed by atoms with van der Waals surface area (Å²) < 4.78 is 0. The van der Waals surface area contributed by atoms with E-state index in [1.54, 1.807) is 12.3 Å². The van der Waals surface area contributed by atoms with E-state index >= 15 is 0 Å². The van der Waals surface area contributed by atoms with E-state index in [2.05, 4.69) is 18.8 Å². The molecule has 0 saturated heterocycles. The molecule has 2 rings (SSSR count). The van der Waals surface area contributed by atoms with Gasteiger partial charge in [0.05, 0.1) is 11.9 Å². The molecule has 1 amide bonds. The van der Waals surface area contributed by atoms with Gasteiger partial charge in [-0.05, 0) is 37.3 Å². The van der Waals surface area contributed by atoms with Crippen molar-refractivity contribution in [2.45, 2.75) is 52.0 Å². The fraction of sp³-hybridized carbons (Fsp3) is 0.600. The third-order valence-electron chi connectivity index (χ3n) is 3.37. The number of hydrogen-bond donors (Lipinski definition) is 1. The normalized spacial score (nSPS) is 14.7. The van der Waals surface area contributed by atoms with Gasteiger partial charge in [0.15, 0.2) is 0 Å². The molecule has 0 unspecified atom stereocenters. The maximum Gasteiger partial charge on any atom is 0.228 e. The molecule has 0 atom stereocenters. The summed E-state index contributed by atoms with van der Waals surface area (Å²) in [6.45, 7) is 4.37. The lowest BCUT2D eigenvalue weighted by atomic mass is 10.1. The van der Waals surface area contributed by atoms with Crippen LogP contribution in [0.4, 0.5) is 11.5 Å². The second kappa shape index (κ2) is 6.04. The molecule has 1 heterocycles. The molecule has 1 aliphatic carbocycles. The first kappa shape index (κ1) is 13.8. The monoisotopic (exact) mass is 261 g/mol. The SMILES string of the molecule is CC(C)CCCC(=O)N(c1ccc(N)cn1)C1CC1. The van der Waals surface area contributed by atoms with Crippen molar-refractivity contribution in [3.8, 4) is 0 Å². The second-order valence-electron chi connectivity index (χ2n) is 5.73. The Bertz CT molecular complexity index is 424. The van der Waals surface area contributed by atoms with Crippen LogP contribution in [-0.2, 0) is 4.79 Å². The minimum absolute atomic E-state index is 0.195. The smallest absolute Gasteiger partial charge is 0.228 e. The fourth-order valence-electron chi connectivity index (χ4n) is 2.17. The minimum atomic E-state index is 0.195. The minimum Gasteiger partial charge on any atom is -0.397 e. The van der Waals surface area contributed by atoms with Gasteiger partial charge >= 0.3 is 0 Å². The number of carbonyl (C=O) groups is 1. The number of nitrogens with two attached hydrogens (primary N) is 1. The summed E-state index contributed by atoms with van der Waals surface area (Å²) in [5, 5.41) is 0. The molecule has 0 spiro atoms. The highest BCUT2D eigenvalue weighted by atomic mass is 16.2. The summed E-state index contributed by atoms with van der Waals surface area (Å²) in [6, 6.07) is 4.00. The van der Waals surface area contributed by atoms with Gasteiger partial charge in [-0.15, -0.1) is 0 Å². The molecule has 4 nitrogen and oxygen atoms in total. The summed E-state index contributed by atoms with van der Waals surface area (Å²) in [5.41, 5.74) is 6.27. The molecule has 0 aromatic carbocycles. The summed E-state index contributed by atoms with van der Waals surface area (Å²) >= 11 is 0. The number of aromatic nitrogens is 1. The molecule has 1 fully saturated rings. The van der Waals surface area contributed by atoms with Crippen molar-refractivity contribution in [1.82, 2.24) is 4.98 Å². The lowest BCUT2D eigenvalue weighted by Crippen LogP contribution is -2.33. The van der Waals surface area contributed by atoms with Crippen molar-refractivity contribution in [1.29, 1.82) is 0 Å². The van der Waals surface area contributed by atoms with Crippen molar-refractivity contribution in [2.24, 2.45) is 5.92 Å². The first-order valence-electron chi connectivity index (χ1n) is 7.11. The topological polar surface area (TPSA) is 59.2 Å². The Kier molecular flexibility index (Phi) is 4.40. The number of rotatable bonds is 6. The number of nitrogens with zero attached hydrogens (tertiary/aromatic N) is 2. The van der Waals surface area contributed by atoms with Gasteiger partial charge in [-0.1, -0.05) is 20.3 Å². The zero-order chi connectivity index (χ0) is 13.8. The van der Waals surface area contributed by atoms with Crippen molar-refractivity contribution < 1.29 is 4.79 Å². The van der Waals surface area contributed by atoms with Gasteiger partial charge in [0.2, 0.25) is 5.91 Å². The molecular formula is C15H23N3O. The maximum absolute atomic E-state index is 12.3. The van der Waals surface area contributed by atoms with Gasteiger partial charge in [0, 0.05) is 12.5 Å². The fourth-order valence-corrected chi connectivity index (χ4v) is 2.17. The molecule has 1 saturated carbocycles. The average Bonchev–Trinajstić information content (AvgIpc) is 3.16. The van der Waals surface area contributed by atoms with Crippen LogP contribution in [0.2, 0.25) is 0 Å². The Hall–Kier alpha value is -1.58. The molecule has 4 heteroatoms. The maximum atomic E-state index is 12.3. The van der Waals surface area contributed by atoms with Crippen molar-refractivity contribution in [3.63, 3.8) is 0 Å². The van der Waals surface area contributed by atoms with Crippen LogP contribution in [0.25, 0.3) is 0 Å². The molecule has 2 N–H and O–H groups in total. The highest BCUT2D eigenvalue weighted by Crippen LogP contribution is 2.31. The van der Waals surface area contributed by atoms with E-state index in [9.17, 15) is 4.79 Å². The van der Waals surface area contributed by atoms with E-state index in [-0.39, 0.29) is 5.91 Å². The van der Waals surface area contributed by atoms with Crippen LogP contribution in [-0.4, -0.2) is 16.9 Å². The van der Waals surface area contributed by atoms with Crippen LogP contribution in [0.1, 0.15) is 46.0 Å². The van der Waals surface area contributed by atoms with E-state index in [1.165, 1.54) is 0 Å². The summed E-state index contributed by atoms with van der Waals surface area (Å²) in [6.07, 6.45) is 6.45. The Morgan fingerprint density at radius 3 is 2.74 bits per heavy atom. The van der Waals surface area contributed by atoms with E-state index in [1.807, 2.05) is 11.0 Å². The van der Waals surface area contributed by atoms with Gasteiger partial charge in [0.25, 0.3) is 0 Å². The van der Waals surface area contributed by atoms with E-state index in [4.69, 9.17) is 5.73 Å². The quantitative estimate of drug-likeness (QED) is 0.856. The summed E-state index contributed by atoms with van der Waals surface area (Å²) in [4.78, 5) is 18.5. The molecule has 1 aromatic rings. The van der Waals surface area contributed by atoms with Gasteiger partial charge in [-0.2, -0.15) is 0 Å². The highest BCUT2D eigenvalue weighted by Gasteiger charge is 2.34. The molecule has 19 heavy (non-hydrogen) atoms. The van der Waals surface area contributed by atoms with E-state index in [0.717, 1.165) is 31.5 Å². The second-order valence-corrected chi connectivity index (χ2v) is 5.73. The van der Waals surface area contributed by atoms with Crippen LogP contribution in [0.3, 0.4) is 0 Å². The van der Waals surface area contributed by atoms with Crippen LogP contribution in [0, 0.1) is 5.92 Å². The number of carbonyl (C=O) groups excluding carboxylic acids is 1. The zero-order valence-electron chi connectivity index (χ0n) is 11.8. The Balaban J connectivity index is 1.99. The van der Waals surface area contributed by atoms with Gasteiger partial charge in [0.1, 0.15) is 5.82 Å². The molecular weight excluding hydrogens is 238 g/mol. The van der Waals surface area contributed by atoms with Crippen LogP contribution >= 0.6 is 0 Å². The van der Waals surface area contributed by atoms with Gasteiger partial charge < -0.3 is 5.73 Å².